The minimum atomic E-state index is -0.539. The number of benzene rings is 1. The van der Waals surface area contributed by atoms with Gasteiger partial charge in [-0.3, -0.25) is 0 Å². The predicted octanol–water partition coefficient (Wildman–Crippen LogP) is 3.77. The first kappa shape index (κ1) is 18.8. The van der Waals surface area contributed by atoms with Crippen LogP contribution in [-0.4, -0.2) is 30.8 Å². The third-order valence-corrected chi connectivity index (χ3v) is 3.37. The minimum absolute atomic E-state index is 0.325. The second-order valence-corrected chi connectivity index (χ2v) is 6.62. The summed E-state index contributed by atoms with van der Waals surface area (Å²) in [7, 11) is 0. The van der Waals surface area contributed by atoms with Crippen molar-refractivity contribution >= 4 is 24.1 Å². The summed E-state index contributed by atoms with van der Waals surface area (Å²) < 4.78 is 16.1. The first-order valence-electron chi connectivity index (χ1n) is 8.34. The Kier molecular flexibility index (Phi) is 6.02. The summed E-state index contributed by atoms with van der Waals surface area (Å²) in [6.07, 6.45) is 5.30. The van der Waals surface area contributed by atoms with Crippen LogP contribution in [0.3, 0.4) is 0 Å². The Labute approximate surface area is 148 Å². The number of carbonyl (C=O) groups excluding carboxylic acids is 2. The molecule has 0 aromatic heterocycles. The van der Waals surface area contributed by atoms with Gasteiger partial charge in [0.05, 0.1) is 13.2 Å². The molecule has 5 nitrogen and oxygen atoms in total. The van der Waals surface area contributed by atoms with Crippen LogP contribution >= 0.6 is 0 Å². The Morgan fingerprint density at radius 1 is 1.28 bits per heavy atom. The second-order valence-electron chi connectivity index (χ2n) is 6.62. The maximum atomic E-state index is 12.0. The third kappa shape index (κ3) is 5.48. The molecule has 2 rings (SSSR count). The SMILES string of the molecule is CCOC(=O)C1=Cc2cccc(C=CC(=O)OC(C)(C)C)c2OCC1. The molecule has 1 aromatic carbocycles. The molecule has 0 amide bonds. The number of hydrogen-bond acceptors (Lipinski definition) is 5. The van der Waals surface area contributed by atoms with Crippen molar-refractivity contribution in [1.82, 2.24) is 0 Å². The largest absolute Gasteiger partial charge is 0.492 e. The van der Waals surface area contributed by atoms with Gasteiger partial charge in [-0.05, 0) is 39.8 Å². The maximum absolute atomic E-state index is 12.0. The van der Waals surface area contributed by atoms with Gasteiger partial charge in [-0.2, -0.15) is 0 Å². The highest BCUT2D eigenvalue weighted by Crippen LogP contribution is 2.31. The second kappa shape index (κ2) is 8.01. The van der Waals surface area contributed by atoms with E-state index in [1.54, 1.807) is 19.1 Å². The lowest BCUT2D eigenvalue weighted by atomic mass is 10.1. The lowest BCUT2D eigenvalue weighted by Crippen LogP contribution is -2.22. The van der Waals surface area contributed by atoms with Crippen molar-refractivity contribution in [2.45, 2.75) is 39.7 Å². The predicted molar refractivity (Wildman–Crippen MR) is 96.0 cm³/mol. The topological polar surface area (TPSA) is 61.8 Å². The zero-order valence-corrected chi connectivity index (χ0v) is 15.1. The normalized spacial score (nSPS) is 14.2. The van der Waals surface area contributed by atoms with E-state index in [2.05, 4.69) is 0 Å². The van der Waals surface area contributed by atoms with Crippen molar-refractivity contribution in [3.05, 3.63) is 41.0 Å². The summed E-state index contributed by atoms with van der Waals surface area (Å²) in [5, 5.41) is 0. The number of rotatable bonds is 4. The molecule has 5 heteroatoms. The Balaban J connectivity index is 2.26. The maximum Gasteiger partial charge on any atom is 0.334 e. The molecule has 0 saturated heterocycles. The van der Waals surface area contributed by atoms with Crippen LogP contribution in [0.15, 0.2) is 29.8 Å². The first-order chi connectivity index (χ1) is 11.8. The monoisotopic (exact) mass is 344 g/mol. The molecule has 0 saturated carbocycles. The van der Waals surface area contributed by atoms with E-state index < -0.39 is 11.6 Å². The fraction of sp³-hybridized carbons (Fsp3) is 0.400. The summed E-state index contributed by atoms with van der Waals surface area (Å²) in [4.78, 5) is 23.8. The molecule has 0 atom stereocenters. The van der Waals surface area contributed by atoms with Crippen LogP contribution in [0.25, 0.3) is 12.2 Å². The summed E-state index contributed by atoms with van der Waals surface area (Å²) >= 11 is 0. The molecule has 0 spiro atoms. The molecule has 1 aromatic rings. The van der Waals surface area contributed by atoms with E-state index in [1.807, 2.05) is 39.0 Å². The number of ether oxygens (including phenoxy) is 3. The molecule has 0 unspecified atom stereocenters. The number of para-hydroxylation sites is 1. The van der Waals surface area contributed by atoms with E-state index in [-0.39, 0.29) is 5.97 Å². The molecule has 0 aliphatic carbocycles. The van der Waals surface area contributed by atoms with E-state index in [1.165, 1.54) is 6.08 Å². The molecular formula is C20H24O5. The van der Waals surface area contributed by atoms with E-state index in [0.29, 0.717) is 31.0 Å². The van der Waals surface area contributed by atoms with Gasteiger partial charge >= 0.3 is 11.9 Å². The molecule has 25 heavy (non-hydrogen) atoms. The number of esters is 2. The molecule has 1 heterocycles. The Bertz CT molecular complexity index is 707. The average Bonchev–Trinajstić information content (AvgIpc) is 2.74. The van der Waals surface area contributed by atoms with Gasteiger partial charge in [0.25, 0.3) is 0 Å². The zero-order chi connectivity index (χ0) is 18.4. The van der Waals surface area contributed by atoms with Gasteiger partial charge in [-0.15, -0.1) is 0 Å². The molecule has 134 valence electrons. The van der Waals surface area contributed by atoms with Crippen LogP contribution in [0.5, 0.6) is 5.75 Å². The van der Waals surface area contributed by atoms with E-state index in [9.17, 15) is 9.59 Å². The summed E-state index contributed by atoms with van der Waals surface area (Å²) in [6, 6.07) is 5.56. The van der Waals surface area contributed by atoms with Gasteiger partial charge in [0, 0.05) is 29.2 Å². The molecular weight excluding hydrogens is 320 g/mol. The van der Waals surface area contributed by atoms with Crippen molar-refractivity contribution in [2.24, 2.45) is 0 Å². The van der Waals surface area contributed by atoms with Crippen LogP contribution in [0.1, 0.15) is 45.2 Å². The average molecular weight is 344 g/mol. The van der Waals surface area contributed by atoms with Crippen LogP contribution < -0.4 is 4.74 Å². The smallest absolute Gasteiger partial charge is 0.334 e. The van der Waals surface area contributed by atoms with Crippen LogP contribution in [-0.2, 0) is 19.1 Å². The Morgan fingerprint density at radius 2 is 2.04 bits per heavy atom. The van der Waals surface area contributed by atoms with Gasteiger partial charge < -0.3 is 14.2 Å². The summed E-state index contributed by atoms with van der Waals surface area (Å²) in [6.45, 7) is 7.94. The van der Waals surface area contributed by atoms with Crippen molar-refractivity contribution in [3.63, 3.8) is 0 Å². The highest BCUT2D eigenvalue weighted by atomic mass is 16.6. The number of fused-ring (bicyclic) bond motifs is 1. The quantitative estimate of drug-likeness (QED) is 0.614. The molecule has 0 bridgehead atoms. The molecule has 0 N–H and O–H groups in total. The van der Waals surface area contributed by atoms with Crippen LogP contribution in [0.2, 0.25) is 0 Å². The molecule has 0 fully saturated rings. The van der Waals surface area contributed by atoms with Crippen molar-refractivity contribution < 1.29 is 23.8 Å². The Morgan fingerprint density at radius 3 is 2.72 bits per heavy atom. The fourth-order valence-corrected chi connectivity index (χ4v) is 2.39. The van der Waals surface area contributed by atoms with Gasteiger partial charge in [0.2, 0.25) is 0 Å². The van der Waals surface area contributed by atoms with Crippen molar-refractivity contribution in [2.75, 3.05) is 13.2 Å². The highest BCUT2D eigenvalue weighted by molar-refractivity contribution is 5.95. The third-order valence-electron chi connectivity index (χ3n) is 3.37. The molecule has 1 aliphatic heterocycles. The van der Waals surface area contributed by atoms with Crippen LogP contribution in [0, 0.1) is 0 Å². The van der Waals surface area contributed by atoms with E-state index >= 15 is 0 Å². The molecule has 0 radical (unpaired) electrons. The lowest BCUT2D eigenvalue weighted by Gasteiger charge is -2.18. The number of hydrogen-bond donors (Lipinski definition) is 0. The fourth-order valence-electron chi connectivity index (χ4n) is 2.39. The summed E-state index contributed by atoms with van der Waals surface area (Å²) in [5.41, 5.74) is 1.58. The van der Waals surface area contributed by atoms with Gasteiger partial charge in [-0.25, -0.2) is 9.59 Å². The number of carbonyl (C=O) groups is 2. The highest BCUT2D eigenvalue weighted by Gasteiger charge is 2.18. The first-order valence-corrected chi connectivity index (χ1v) is 8.34. The van der Waals surface area contributed by atoms with Gasteiger partial charge in [0.15, 0.2) is 0 Å². The standard InChI is InChI=1S/C20H24O5/c1-5-23-19(22)16-11-12-24-18-14(7-6-8-15(18)13-16)9-10-17(21)25-20(2,3)4/h6-10,13H,5,11-12H2,1-4H3. The van der Waals surface area contributed by atoms with Crippen molar-refractivity contribution in [3.8, 4) is 5.75 Å². The van der Waals surface area contributed by atoms with Gasteiger partial charge in [-0.1, -0.05) is 18.2 Å². The van der Waals surface area contributed by atoms with E-state index in [0.717, 1.165) is 11.1 Å². The Hall–Kier alpha value is -2.56. The van der Waals surface area contributed by atoms with Crippen molar-refractivity contribution in [1.29, 1.82) is 0 Å². The van der Waals surface area contributed by atoms with Gasteiger partial charge in [0.1, 0.15) is 11.4 Å². The lowest BCUT2D eigenvalue weighted by molar-refractivity contribution is -0.148. The molecule has 1 aliphatic rings. The summed E-state index contributed by atoms with van der Waals surface area (Å²) in [5.74, 6) is -0.100. The minimum Gasteiger partial charge on any atom is -0.492 e. The van der Waals surface area contributed by atoms with E-state index in [4.69, 9.17) is 14.2 Å². The van der Waals surface area contributed by atoms with Crippen LogP contribution in [0.4, 0.5) is 0 Å². The zero-order valence-electron chi connectivity index (χ0n) is 15.1.